The Balaban J connectivity index is 1.64. The molecule has 2 atom stereocenters. The summed E-state index contributed by atoms with van der Waals surface area (Å²) in [6.07, 6.45) is 6.18. The first-order valence-corrected chi connectivity index (χ1v) is 12.3. The van der Waals surface area contributed by atoms with Gasteiger partial charge in [-0.25, -0.2) is 14.4 Å². The fourth-order valence-electron chi connectivity index (χ4n) is 5.22. The number of nitrogens with zero attached hydrogens (tertiary/aromatic N) is 2. The second kappa shape index (κ2) is 10.6. The minimum atomic E-state index is -0.840. The second-order valence-electron chi connectivity index (χ2n) is 10.3. The van der Waals surface area contributed by atoms with E-state index in [9.17, 15) is 9.18 Å². The molecule has 1 fully saturated rings. The Morgan fingerprint density at radius 3 is 2.67 bits per heavy atom. The summed E-state index contributed by atoms with van der Waals surface area (Å²) in [5.74, 6) is -0.263. The summed E-state index contributed by atoms with van der Waals surface area (Å²) in [7, 11) is 1.52. The van der Waals surface area contributed by atoms with Crippen molar-refractivity contribution in [3.63, 3.8) is 0 Å². The lowest BCUT2D eigenvalue weighted by molar-refractivity contribution is -0.137. The quantitative estimate of drug-likeness (QED) is 0.356. The van der Waals surface area contributed by atoms with Crippen molar-refractivity contribution < 1.29 is 23.8 Å². The smallest absolute Gasteiger partial charge is 0.303 e. The molecule has 0 unspecified atom stereocenters. The molecule has 2 heterocycles. The Morgan fingerprint density at radius 1 is 1.17 bits per heavy atom. The molecule has 6 nitrogen and oxygen atoms in total. The summed E-state index contributed by atoms with van der Waals surface area (Å²) in [5.41, 5.74) is 4.35. The monoisotopic (exact) mass is 492 g/mol. The van der Waals surface area contributed by atoms with Crippen molar-refractivity contribution in [2.24, 2.45) is 5.41 Å². The average Bonchev–Trinajstić information content (AvgIpc) is 3.21. The van der Waals surface area contributed by atoms with Gasteiger partial charge in [-0.1, -0.05) is 45.4 Å². The van der Waals surface area contributed by atoms with Crippen LogP contribution in [0.25, 0.3) is 11.1 Å². The third-order valence-electron chi connectivity index (χ3n) is 7.27. The van der Waals surface area contributed by atoms with Crippen molar-refractivity contribution in [3.05, 3.63) is 71.3 Å². The molecule has 1 aliphatic rings. The Morgan fingerprint density at radius 2 is 1.97 bits per heavy atom. The number of carbonyl (C=O) groups is 1. The lowest BCUT2D eigenvalue weighted by Crippen LogP contribution is -2.17. The van der Waals surface area contributed by atoms with Crippen LogP contribution in [0, 0.1) is 11.2 Å². The van der Waals surface area contributed by atoms with E-state index in [4.69, 9.17) is 14.6 Å². The molecule has 2 aromatic heterocycles. The third-order valence-corrected chi connectivity index (χ3v) is 7.27. The van der Waals surface area contributed by atoms with Gasteiger partial charge < -0.3 is 14.6 Å². The van der Waals surface area contributed by atoms with Crippen LogP contribution in [-0.2, 0) is 11.4 Å². The number of carboxylic acids is 1. The normalized spacial score (nSPS) is 17.5. The zero-order valence-corrected chi connectivity index (χ0v) is 21.3. The Labute approximate surface area is 211 Å². The van der Waals surface area contributed by atoms with E-state index >= 15 is 0 Å². The molecule has 190 valence electrons. The zero-order valence-electron chi connectivity index (χ0n) is 21.3. The highest BCUT2D eigenvalue weighted by Crippen LogP contribution is 2.51. The molecule has 3 aromatic rings. The van der Waals surface area contributed by atoms with Gasteiger partial charge in [-0.3, -0.25) is 4.79 Å². The summed E-state index contributed by atoms with van der Waals surface area (Å²) < 4.78 is 26.2. The van der Waals surface area contributed by atoms with Crippen LogP contribution < -0.4 is 9.47 Å². The molecule has 0 aliphatic heterocycles. The van der Waals surface area contributed by atoms with Crippen molar-refractivity contribution in [2.45, 2.75) is 64.9 Å². The van der Waals surface area contributed by atoms with Crippen LogP contribution in [-0.4, -0.2) is 28.2 Å². The number of aromatic nitrogens is 2. The Bertz CT molecular complexity index is 1240. The molecule has 1 aromatic carbocycles. The number of ether oxygens (including phenoxy) is 2. The first-order valence-electron chi connectivity index (χ1n) is 12.3. The largest absolute Gasteiger partial charge is 0.481 e. The van der Waals surface area contributed by atoms with Gasteiger partial charge >= 0.3 is 5.97 Å². The van der Waals surface area contributed by atoms with Crippen LogP contribution in [0.3, 0.4) is 0 Å². The molecule has 0 bridgehead atoms. The minimum Gasteiger partial charge on any atom is -0.481 e. The summed E-state index contributed by atoms with van der Waals surface area (Å²) >= 11 is 0. The third kappa shape index (κ3) is 5.66. The van der Waals surface area contributed by atoms with Gasteiger partial charge in [-0.05, 0) is 58.4 Å². The predicted octanol–water partition coefficient (Wildman–Crippen LogP) is 6.74. The van der Waals surface area contributed by atoms with Gasteiger partial charge in [-0.15, -0.1) is 0 Å². The molecule has 1 N–H and O–H groups in total. The highest BCUT2D eigenvalue weighted by molar-refractivity contribution is 5.70. The van der Waals surface area contributed by atoms with Gasteiger partial charge in [0.15, 0.2) is 0 Å². The number of benzene rings is 1. The second-order valence-corrected chi connectivity index (χ2v) is 10.3. The minimum absolute atomic E-state index is 0.0435. The van der Waals surface area contributed by atoms with Gasteiger partial charge in [-0.2, -0.15) is 0 Å². The average molecular weight is 493 g/mol. The van der Waals surface area contributed by atoms with E-state index in [1.165, 1.54) is 13.3 Å². The SMILES string of the molecule is COc1cc(-c2ccc(COc3cc([C@H](C)CC(=O)O)ccn3)cc2[C@@H]2CCCC2(C)C)c(F)cn1. The van der Waals surface area contributed by atoms with E-state index in [-0.39, 0.29) is 29.5 Å². The molecule has 0 radical (unpaired) electrons. The molecular weight excluding hydrogens is 459 g/mol. The van der Waals surface area contributed by atoms with Crippen LogP contribution in [0.1, 0.15) is 75.0 Å². The fraction of sp³-hybridized carbons (Fsp3) is 0.414. The number of rotatable bonds is 9. The Hall–Kier alpha value is -3.48. The summed E-state index contributed by atoms with van der Waals surface area (Å²) in [4.78, 5) is 19.4. The molecule has 1 aliphatic carbocycles. The van der Waals surface area contributed by atoms with E-state index in [2.05, 4.69) is 29.9 Å². The number of halogens is 1. The highest BCUT2D eigenvalue weighted by atomic mass is 19.1. The maximum atomic E-state index is 14.9. The maximum Gasteiger partial charge on any atom is 0.303 e. The van der Waals surface area contributed by atoms with Crippen LogP contribution >= 0.6 is 0 Å². The number of pyridine rings is 2. The Kier molecular flexibility index (Phi) is 7.57. The molecule has 36 heavy (non-hydrogen) atoms. The fourth-order valence-corrected chi connectivity index (χ4v) is 5.22. The summed E-state index contributed by atoms with van der Waals surface area (Å²) in [6.45, 7) is 6.71. The highest BCUT2D eigenvalue weighted by Gasteiger charge is 2.37. The summed E-state index contributed by atoms with van der Waals surface area (Å²) in [6, 6.07) is 11.3. The lowest BCUT2D eigenvalue weighted by atomic mass is 9.75. The number of aliphatic carboxylic acids is 1. The maximum absolute atomic E-state index is 14.9. The summed E-state index contributed by atoms with van der Waals surface area (Å²) in [5, 5.41) is 9.09. The van der Waals surface area contributed by atoms with Crippen LogP contribution in [0.4, 0.5) is 4.39 Å². The van der Waals surface area contributed by atoms with Gasteiger partial charge in [0.05, 0.1) is 19.7 Å². The van der Waals surface area contributed by atoms with Gasteiger partial charge in [0.1, 0.15) is 12.4 Å². The van der Waals surface area contributed by atoms with Crippen molar-refractivity contribution in [1.82, 2.24) is 9.97 Å². The molecule has 7 heteroatoms. The van der Waals surface area contributed by atoms with E-state index in [1.54, 1.807) is 18.3 Å². The van der Waals surface area contributed by atoms with Crippen molar-refractivity contribution in [2.75, 3.05) is 7.11 Å². The standard InChI is InChI=1S/C29H33FN2O4/c1-18(12-28(33)34)20-9-11-31-27(14-20)36-17-19-7-8-21(23-15-26(35-4)32-16-25(23)30)22(13-19)24-6-5-10-29(24,2)3/h7-9,11,13-16,18,24H,5-6,10,12,17H2,1-4H3,(H,33,34)/t18-,24+/m1/s1. The molecule has 0 spiro atoms. The number of hydrogen-bond acceptors (Lipinski definition) is 5. The van der Waals surface area contributed by atoms with Crippen molar-refractivity contribution in [1.29, 1.82) is 0 Å². The van der Waals surface area contributed by atoms with Crippen LogP contribution in [0.5, 0.6) is 11.8 Å². The van der Waals surface area contributed by atoms with Crippen molar-refractivity contribution >= 4 is 5.97 Å². The van der Waals surface area contributed by atoms with Crippen molar-refractivity contribution in [3.8, 4) is 22.9 Å². The van der Waals surface area contributed by atoms with E-state index in [1.807, 2.05) is 25.1 Å². The van der Waals surface area contributed by atoms with Gasteiger partial charge in [0.2, 0.25) is 11.8 Å². The molecule has 0 saturated heterocycles. The van der Waals surface area contributed by atoms with E-state index in [0.29, 0.717) is 23.9 Å². The van der Waals surface area contributed by atoms with Gasteiger partial charge in [0.25, 0.3) is 0 Å². The first kappa shape index (κ1) is 25.6. The van der Waals surface area contributed by atoms with E-state index < -0.39 is 5.97 Å². The lowest BCUT2D eigenvalue weighted by Gasteiger charge is -2.30. The zero-order chi connectivity index (χ0) is 25.9. The van der Waals surface area contributed by atoms with Gasteiger partial charge in [0, 0.05) is 23.9 Å². The predicted molar refractivity (Wildman–Crippen MR) is 136 cm³/mol. The molecular formula is C29H33FN2O4. The number of hydrogen-bond donors (Lipinski definition) is 1. The number of carboxylic acid groups (broad SMARTS) is 1. The topological polar surface area (TPSA) is 81.5 Å². The molecule has 1 saturated carbocycles. The first-order chi connectivity index (χ1) is 17.2. The molecule has 4 rings (SSSR count). The van der Waals surface area contributed by atoms with Crippen LogP contribution in [0.2, 0.25) is 0 Å². The molecule has 0 amide bonds. The van der Waals surface area contributed by atoms with E-state index in [0.717, 1.165) is 41.5 Å². The van der Waals surface area contributed by atoms with Crippen LogP contribution in [0.15, 0.2) is 48.8 Å². The number of methoxy groups -OCH3 is 1.